The zero-order chi connectivity index (χ0) is 23.6. The first-order valence-electron chi connectivity index (χ1n) is 12.2. The van der Waals surface area contributed by atoms with E-state index in [0.717, 1.165) is 24.3 Å². The fourth-order valence-electron chi connectivity index (χ4n) is 5.41. The standard InChI is InChI=1S/C32H27NO2/c34-32(21-35-24-10-3-1-4-11-24)23-19-29-27-15-14-22-9-6-7-12-25(22)26(27)16-17-28(29)30(20-23)31-13-5-2-8-18-33-31/h1-13,15-19,23,30,33H,14,20-21H2. The molecule has 3 aromatic rings. The number of ether oxygens (including phenoxy) is 1. The van der Waals surface area contributed by atoms with Crippen molar-refractivity contribution in [1.82, 2.24) is 5.32 Å². The van der Waals surface area contributed by atoms with Crippen molar-refractivity contribution in [3.63, 3.8) is 0 Å². The van der Waals surface area contributed by atoms with Crippen LogP contribution < -0.4 is 20.5 Å². The van der Waals surface area contributed by atoms with Crippen molar-refractivity contribution in [2.24, 2.45) is 5.92 Å². The zero-order valence-electron chi connectivity index (χ0n) is 19.5. The molecular formula is C32H27NO2. The summed E-state index contributed by atoms with van der Waals surface area (Å²) in [5.41, 5.74) is 6.27. The van der Waals surface area contributed by atoms with Gasteiger partial charge < -0.3 is 10.1 Å². The second-order valence-electron chi connectivity index (χ2n) is 9.23. The normalized spacial score (nSPS) is 19.5. The van der Waals surface area contributed by atoms with Crippen molar-refractivity contribution in [1.29, 1.82) is 0 Å². The van der Waals surface area contributed by atoms with E-state index in [4.69, 9.17) is 4.74 Å². The van der Waals surface area contributed by atoms with Gasteiger partial charge in [0.25, 0.3) is 0 Å². The van der Waals surface area contributed by atoms with E-state index in [9.17, 15) is 4.79 Å². The molecule has 2 aliphatic carbocycles. The molecule has 172 valence electrons. The minimum atomic E-state index is -0.216. The Hall–Kier alpha value is -4.11. The van der Waals surface area contributed by atoms with Gasteiger partial charge in [0.1, 0.15) is 12.4 Å². The molecule has 3 nitrogen and oxygen atoms in total. The topological polar surface area (TPSA) is 38.3 Å². The van der Waals surface area contributed by atoms with Gasteiger partial charge in [0.05, 0.1) is 0 Å². The lowest BCUT2D eigenvalue weighted by atomic mass is 9.76. The van der Waals surface area contributed by atoms with Gasteiger partial charge in [0.15, 0.2) is 5.78 Å². The van der Waals surface area contributed by atoms with Crippen LogP contribution in [0.5, 0.6) is 5.75 Å². The molecule has 0 radical (unpaired) electrons. The highest BCUT2D eigenvalue weighted by Gasteiger charge is 2.30. The Bertz CT molecular complexity index is 1490. The molecule has 3 aliphatic rings. The first-order chi connectivity index (χ1) is 17.3. The van der Waals surface area contributed by atoms with E-state index in [2.05, 4.69) is 66.0 Å². The van der Waals surface area contributed by atoms with Crippen LogP contribution in [-0.2, 0) is 11.2 Å². The molecule has 0 spiro atoms. The van der Waals surface area contributed by atoms with Gasteiger partial charge in [0.2, 0.25) is 0 Å². The molecule has 0 aromatic heterocycles. The zero-order valence-corrected chi connectivity index (χ0v) is 19.5. The SMILES string of the molecule is O=C(COc1ccccc1)C1C=c2c(ccc3c2=CCc2ccccc2-3)C(C2=CC=CC=CN2)C1. The molecule has 3 aromatic carbocycles. The number of carbonyl (C=O) groups is 1. The van der Waals surface area contributed by atoms with Crippen molar-refractivity contribution < 1.29 is 9.53 Å². The summed E-state index contributed by atoms with van der Waals surface area (Å²) in [6.07, 6.45) is 16.3. The second-order valence-corrected chi connectivity index (χ2v) is 9.23. The summed E-state index contributed by atoms with van der Waals surface area (Å²) in [5.74, 6) is 0.717. The Morgan fingerprint density at radius 1 is 0.886 bits per heavy atom. The molecule has 1 heterocycles. The summed E-state index contributed by atoms with van der Waals surface area (Å²) in [5, 5.41) is 5.89. The van der Waals surface area contributed by atoms with Crippen LogP contribution in [0.15, 0.2) is 103 Å². The second kappa shape index (κ2) is 9.27. The van der Waals surface area contributed by atoms with Gasteiger partial charge in [0, 0.05) is 23.7 Å². The fraction of sp³-hybridized carbons (Fsp3) is 0.156. The Balaban J connectivity index is 1.43. The predicted octanol–water partition coefficient (Wildman–Crippen LogP) is 4.78. The van der Waals surface area contributed by atoms with Crippen LogP contribution in [-0.4, -0.2) is 12.4 Å². The molecule has 0 fully saturated rings. The van der Waals surface area contributed by atoms with Crippen LogP contribution in [0.4, 0.5) is 0 Å². The number of ketones is 1. The van der Waals surface area contributed by atoms with E-state index < -0.39 is 0 Å². The molecule has 35 heavy (non-hydrogen) atoms. The highest BCUT2D eigenvalue weighted by atomic mass is 16.5. The lowest BCUT2D eigenvalue weighted by molar-refractivity contribution is -0.123. The lowest BCUT2D eigenvalue weighted by Crippen LogP contribution is -2.40. The number of hydrogen-bond donors (Lipinski definition) is 1. The van der Waals surface area contributed by atoms with E-state index in [0.29, 0.717) is 0 Å². The number of allylic oxidation sites excluding steroid dienone is 5. The van der Waals surface area contributed by atoms with Gasteiger partial charge in [-0.3, -0.25) is 4.79 Å². The van der Waals surface area contributed by atoms with Crippen LogP contribution >= 0.6 is 0 Å². The third-order valence-corrected chi connectivity index (χ3v) is 7.14. The molecule has 0 bridgehead atoms. The summed E-state index contributed by atoms with van der Waals surface area (Å²) in [6, 6.07) is 22.7. The molecule has 0 saturated heterocycles. The molecule has 3 heteroatoms. The Morgan fingerprint density at radius 2 is 1.74 bits per heavy atom. The highest BCUT2D eigenvalue weighted by Crippen LogP contribution is 2.34. The average molecular weight is 458 g/mol. The number of fused-ring (bicyclic) bond motifs is 5. The molecule has 6 rings (SSSR count). The molecule has 1 aliphatic heterocycles. The van der Waals surface area contributed by atoms with Crippen molar-refractivity contribution in [3.8, 4) is 16.9 Å². The lowest BCUT2D eigenvalue weighted by Gasteiger charge is -2.29. The third-order valence-electron chi connectivity index (χ3n) is 7.14. The number of benzene rings is 3. The summed E-state index contributed by atoms with van der Waals surface area (Å²) in [7, 11) is 0. The van der Waals surface area contributed by atoms with Crippen molar-refractivity contribution in [2.45, 2.75) is 18.8 Å². The smallest absolute Gasteiger partial charge is 0.177 e. The molecule has 2 atom stereocenters. The quantitative estimate of drug-likeness (QED) is 0.599. The number of Topliss-reactive ketones (excluding diaryl/α,β-unsaturated/α-hetero) is 1. The third kappa shape index (κ3) is 4.15. The molecule has 1 N–H and O–H groups in total. The maximum atomic E-state index is 13.4. The molecule has 2 unspecified atom stereocenters. The Kier molecular flexibility index (Phi) is 5.67. The van der Waals surface area contributed by atoms with Crippen LogP contribution in [0.2, 0.25) is 0 Å². The monoisotopic (exact) mass is 457 g/mol. The van der Waals surface area contributed by atoms with Gasteiger partial charge in [-0.2, -0.15) is 0 Å². The summed E-state index contributed by atoms with van der Waals surface area (Å²) < 4.78 is 5.84. The van der Waals surface area contributed by atoms with E-state index >= 15 is 0 Å². The van der Waals surface area contributed by atoms with Gasteiger partial charge in [-0.15, -0.1) is 0 Å². The molecular weight excluding hydrogens is 430 g/mol. The summed E-state index contributed by atoms with van der Waals surface area (Å²) in [4.78, 5) is 13.4. The minimum absolute atomic E-state index is 0.0705. The van der Waals surface area contributed by atoms with Crippen LogP contribution in [0.3, 0.4) is 0 Å². The van der Waals surface area contributed by atoms with Crippen molar-refractivity contribution in [2.75, 3.05) is 6.61 Å². The average Bonchev–Trinajstić information content (AvgIpc) is 3.21. The number of hydrogen-bond acceptors (Lipinski definition) is 3. The maximum absolute atomic E-state index is 13.4. The van der Waals surface area contributed by atoms with E-state index in [1.54, 1.807) is 0 Å². The number of nitrogens with one attached hydrogen (secondary N) is 1. The van der Waals surface area contributed by atoms with Gasteiger partial charge in [-0.05, 0) is 69.8 Å². The number of rotatable bonds is 5. The Morgan fingerprint density at radius 3 is 2.66 bits per heavy atom. The van der Waals surface area contributed by atoms with Crippen LogP contribution in [0.25, 0.3) is 23.3 Å². The van der Waals surface area contributed by atoms with Gasteiger partial charge in [-0.25, -0.2) is 0 Å². The van der Waals surface area contributed by atoms with Gasteiger partial charge in [-0.1, -0.05) is 78.9 Å². The Labute approximate surface area is 205 Å². The number of carbonyl (C=O) groups excluding carboxylic acids is 1. The predicted molar refractivity (Wildman–Crippen MR) is 141 cm³/mol. The maximum Gasteiger partial charge on any atom is 0.177 e. The minimum Gasteiger partial charge on any atom is -0.486 e. The van der Waals surface area contributed by atoms with Crippen molar-refractivity contribution in [3.05, 3.63) is 124 Å². The first kappa shape index (κ1) is 21.4. The largest absolute Gasteiger partial charge is 0.486 e. The highest BCUT2D eigenvalue weighted by molar-refractivity contribution is 5.88. The summed E-state index contributed by atoms with van der Waals surface area (Å²) >= 11 is 0. The van der Waals surface area contributed by atoms with E-state index in [-0.39, 0.29) is 24.2 Å². The van der Waals surface area contributed by atoms with E-state index in [1.165, 1.54) is 32.7 Å². The first-order valence-corrected chi connectivity index (χ1v) is 12.2. The van der Waals surface area contributed by atoms with Crippen molar-refractivity contribution >= 4 is 17.9 Å². The van der Waals surface area contributed by atoms with Crippen LogP contribution in [0.1, 0.15) is 23.5 Å². The molecule has 0 saturated carbocycles. The van der Waals surface area contributed by atoms with Gasteiger partial charge >= 0.3 is 0 Å². The van der Waals surface area contributed by atoms with Crippen LogP contribution in [0, 0.1) is 5.92 Å². The summed E-state index contributed by atoms with van der Waals surface area (Å²) in [6.45, 7) is 0.0705. The fourth-order valence-corrected chi connectivity index (χ4v) is 5.41. The molecule has 0 amide bonds. The van der Waals surface area contributed by atoms with E-state index in [1.807, 2.05) is 48.7 Å². The number of para-hydroxylation sites is 1.